The molecule has 8 N–H and O–H groups in total. The maximum Gasteiger partial charge on any atom is 0.332 e. The number of carboxylic acid groups (broad SMARTS) is 2. The van der Waals surface area contributed by atoms with Gasteiger partial charge in [0, 0.05) is 33.1 Å². The molecule has 0 heterocycles. The molecular formula is C9H19N3O4Pt. The second-order valence-corrected chi connectivity index (χ2v) is 3.77. The molecule has 2 unspecified atom stereocenters. The van der Waals surface area contributed by atoms with Crippen LogP contribution in [0.2, 0.25) is 0 Å². The maximum absolute atomic E-state index is 9.63. The van der Waals surface area contributed by atoms with Gasteiger partial charge in [0.15, 0.2) is 0 Å². The number of hydrogen-bond donors (Lipinski definition) is 5. The van der Waals surface area contributed by atoms with Gasteiger partial charge in [-0.1, -0.05) is 12.8 Å². The zero-order valence-corrected chi connectivity index (χ0v) is 11.6. The van der Waals surface area contributed by atoms with E-state index in [1.807, 2.05) is 0 Å². The molecule has 0 aliphatic heterocycles. The van der Waals surface area contributed by atoms with Crippen molar-refractivity contribution in [2.45, 2.75) is 43.8 Å². The average molecular weight is 428 g/mol. The summed E-state index contributed by atoms with van der Waals surface area (Å²) in [4.78, 5) is 19.3. The molecule has 1 rings (SSSR count). The van der Waals surface area contributed by atoms with Crippen molar-refractivity contribution in [3.8, 4) is 0 Å². The van der Waals surface area contributed by atoms with E-state index < -0.39 is 18.0 Å². The quantitative estimate of drug-likeness (QED) is 0.343. The minimum Gasteiger partial charge on any atom is -0.480 e. The fourth-order valence-corrected chi connectivity index (χ4v) is 1.29. The van der Waals surface area contributed by atoms with Crippen LogP contribution >= 0.6 is 0 Å². The second-order valence-electron chi connectivity index (χ2n) is 3.77. The smallest absolute Gasteiger partial charge is 0.332 e. The van der Waals surface area contributed by atoms with Crippen molar-refractivity contribution in [2.75, 3.05) is 0 Å². The van der Waals surface area contributed by atoms with Gasteiger partial charge in [0.2, 0.25) is 6.04 Å². The SMILES string of the molecule is NC(C(=O)O)C(=O)O.NC1CCCCC1N.[Pt]. The number of nitrogens with two attached hydrogens (primary N) is 3. The van der Waals surface area contributed by atoms with E-state index in [2.05, 4.69) is 5.73 Å². The minimum absolute atomic E-state index is 0. The molecule has 0 radical (unpaired) electrons. The van der Waals surface area contributed by atoms with Crippen LogP contribution in [0.1, 0.15) is 25.7 Å². The number of carboxylic acids is 2. The molecule has 1 saturated carbocycles. The number of carbonyl (C=O) groups is 2. The predicted molar refractivity (Wildman–Crippen MR) is 57.7 cm³/mol. The molecule has 0 aromatic heterocycles. The summed E-state index contributed by atoms with van der Waals surface area (Å²) in [5, 5.41) is 15.7. The molecule has 1 fully saturated rings. The summed E-state index contributed by atoms with van der Waals surface area (Å²) < 4.78 is 0. The van der Waals surface area contributed by atoms with E-state index in [1.165, 1.54) is 12.8 Å². The summed E-state index contributed by atoms with van der Waals surface area (Å²) in [5.74, 6) is -3.06. The van der Waals surface area contributed by atoms with Crippen LogP contribution in [0.4, 0.5) is 0 Å². The molecule has 0 spiro atoms. The van der Waals surface area contributed by atoms with Crippen LogP contribution in [-0.4, -0.2) is 40.3 Å². The molecule has 2 atom stereocenters. The first kappa shape index (κ1) is 18.9. The van der Waals surface area contributed by atoms with Crippen molar-refractivity contribution >= 4 is 11.9 Å². The first-order valence-corrected chi connectivity index (χ1v) is 5.08. The van der Waals surface area contributed by atoms with Crippen LogP contribution in [0.5, 0.6) is 0 Å². The van der Waals surface area contributed by atoms with E-state index in [1.54, 1.807) is 0 Å². The molecule has 104 valence electrons. The average Bonchev–Trinajstić information content (AvgIpc) is 2.22. The summed E-state index contributed by atoms with van der Waals surface area (Å²) in [7, 11) is 0. The van der Waals surface area contributed by atoms with Crippen LogP contribution < -0.4 is 17.2 Å². The molecular weight excluding hydrogens is 409 g/mol. The zero-order chi connectivity index (χ0) is 12.7. The third kappa shape index (κ3) is 8.26. The zero-order valence-electron chi connectivity index (χ0n) is 9.32. The molecule has 0 aromatic carbocycles. The van der Waals surface area contributed by atoms with Gasteiger partial charge in [0.05, 0.1) is 0 Å². The molecule has 0 amide bonds. The Kier molecular flexibility index (Phi) is 10.6. The molecule has 7 nitrogen and oxygen atoms in total. The Labute approximate surface area is 114 Å². The van der Waals surface area contributed by atoms with Crippen molar-refractivity contribution in [3.05, 3.63) is 0 Å². The van der Waals surface area contributed by atoms with Gasteiger partial charge in [-0.3, -0.25) is 0 Å². The van der Waals surface area contributed by atoms with Crippen molar-refractivity contribution in [2.24, 2.45) is 17.2 Å². The standard InChI is InChI=1S/C6H14N2.C3H5NO4.Pt/c7-5-3-1-2-4-6(5)8;4-1(2(5)6)3(7)8;/h5-6H,1-4,7-8H2;1H,4H2,(H,5,6)(H,7,8);. The van der Waals surface area contributed by atoms with Crippen LogP contribution in [0.15, 0.2) is 0 Å². The summed E-state index contributed by atoms with van der Waals surface area (Å²) >= 11 is 0. The Morgan fingerprint density at radius 3 is 1.41 bits per heavy atom. The fraction of sp³-hybridized carbons (Fsp3) is 0.778. The van der Waals surface area contributed by atoms with Crippen LogP contribution in [0.3, 0.4) is 0 Å². The van der Waals surface area contributed by atoms with E-state index in [4.69, 9.17) is 21.7 Å². The van der Waals surface area contributed by atoms with Crippen molar-refractivity contribution in [1.29, 1.82) is 0 Å². The fourth-order valence-electron chi connectivity index (χ4n) is 1.29. The largest absolute Gasteiger partial charge is 0.480 e. The first-order valence-electron chi connectivity index (χ1n) is 5.08. The van der Waals surface area contributed by atoms with Gasteiger partial charge in [0.1, 0.15) is 0 Å². The Bertz CT molecular complexity index is 228. The van der Waals surface area contributed by atoms with Crippen molar-refractivity contribution < 1.29 is 40.9 Å². The van der Waals surface area contributed by atoms with Gasteiger partial charge in [-0.05, 0) is 12.8 Å². The molecule has 0 aromatic rings. The summed E-state index contributed by atoms with van der Waals surface area (Å²) in [5.41, 5.74) is 15.9. The molecule has 8 heteroatoms. The van der Waals surface area contributed by atoms with Gasteiger partial charge in [-0.25, -0.2) is 9.59 Å². The Balaban J connectivity index is 0. The number of aliphatic carboxylic acids is 2. The van der Waals surface area contributed by atoms with E-state index >= 15 is 0 Å². The Morgan fingerprint density at radius 1 is 1.00 bits per heavy atom. The molecule has 17 heavy (non-hydrogen) atoms. The van der Waals surface area contributed by atoms with Crippen LogP contribution in [-0.2, 0) is 30.7 Å². The Hall–Kier alpha value is -0.492. The first-order chi connectivity index (χ1) is 7.36. The number of hydrogen-bond acceptors (Lipinski definition) is 5. The summed E-state index contributed by atoms with van der Waals surface area (Å²) in [6, 6.07) is -1.23. The second kappa shape index (κ2) is 9.53. The molecule has 1 aliphatic carbocycles. The summed E-state index contributed by atoms with van der Waals surface area (Å²) in [6.07, 6.45) is 4.80. The van der Waals surface area contributed by atoms with Crippen LogP contribution in [0.25, 0.3) is 0 Å². The van der Waals surface area contributed by atoms with E-state index in [0.29, 0.717) is 0 Å². The van der Waals surface area contributed by atoms with E-state index in [0.717, 1.165) is 12.8 Å². The predicted octanol–water partition coefficient (Wildman–Crippen LogP) is -1.30. The Morgan fingerprint density at radius 2 is 1.29 bits per heavy atom. The van der Waals surface area contributed by atoms with Gasteiger partial charge >= 0.3 is 11.9 Å². The molecule has 0 bridgehead atoms. The van der Waals surface area contributed by atoms with E-state index in [-0.39, 0.29) is 33.1 Å². The molecule has 1 aliphatic rings. The maximum atomic E-state index is 9.63. The minimum atomic E-state index is -1.80. The van der Waals surface area contributed by atoms with Crippen molar-refractivity contribution in [3.63, 3.8) is 0 Å². The van der Waals surface area contributed by atoms with Crippen molar-refractivity contribution in [1.82, 2.24) is 0 Å². The topological polar surface area (TPSA) is 153 Å². The summed E-state index contributed by atoms with van der Waals surface area (Å²) in [6.45, 7) is 0. The van der Waals surface area contributed by atoms with Gasteiger partial charge < -0.3 is 27.4 Å². The van der Waals surface area contributed by atoms with E-state index in [9.17, 15) is 9.59 Å². The van der Waals surface area contributed by atoms with Gasteiger partial charge in [0.25, 0.3) is 0 Å². The molecule has 0 saturated heterocycles. The van der Waals surface area contributed by atoms with Gasteiger partial charge in [-0.15, -0.1) is 0 Å². The third-order valence-electron chi connectivity index (χ3n) is 2.41. The third-order valence-corrected chi connectivity index (χ3v) is 2.41. The number of rotatable bonds is 2. The van der Waals surface area contributed by atoms with Gasteiger partial charge in [-0.2, -0.15) is 0 Å². The monoisotopic (exact) mass is 428 g/mol. The normalized spacial score (nSPS) is 23.1. The van der Waals surface area contributed by atoms with Crippen LogP contribution in [0, 0.1) is 0 Å².